The van der Waals surface area contributed by atoms with Gasteiger partial charge in [-0.05, 0) is 60.7 Å². The first-order valence-electron chi connectivity index (χ1n) is 7.74. The second-order valence-corrected chi connectivity index (χ2v) is 5.30. The minimum Gasteiger partial charge on any atom is -0.497 e. The molecule has 0 atom stereocenters. The van der Waals surface area contributed by atoms with Gasteiger partial charge in [-0.15, -0.1) is 10.2 Å². The number of nitrogens with one attached hydrogen (secondary N) is 2. The van der Waals surface area contributed by atoms with Crippen molar-refractivity contribution in [3.63, 3.8) is 0 Å². The highest BCUT2D eigenvalue weighted by Gasteiger charge is 2.07. The quantitative estimate of drug-likeness (QED) is 0.735. The van der Waals surface area contributed by atoms with Crippen LogP contribution in [0.25, 0.3) is 0 Å². The fourth-order valence-corrected chi connectivity index (χ4v) is 2.17. The molecule has 0 aliphatic carbocycles. The van der Waals surface area contributed by atoms with Crippen molar-refractivity contribution < 1.29 is 9.53 Å². The zero-order chi connectivity index (χ0) is 18.4. The van der Waals surface area contributed by atoms with E-state index in [1.165, 1.54) is 0 Å². The van der Waals surface area contributed by atoms with Gasteiger partial charge in [-0.2, -0.15) is 5.26 Å². The molecule has 0 unspecified atom stereocenters. The summed E-state index contributed by atoms with van der Waals surface area (Å²) in [6, 6.07) is 19.2. The van der Waals surface area contributed by atoms with Gasteiger partial charge >= 0.3 is 0 Å². The molecule has 0 radical (unpaired) electrons. The highest BCUT2D eigenvalue weighted by atomic mass is 16.5. The first kappa shape index (κ1) is 16.9. The van der Waals surface area contributed by atoms with Gasteiger partial charge in [0.15, 0.2) is 11.6 Å². The lowest BCUT2D eigenvalue weighted by Crippen LogP contribution is -2.13. The van der Waals surface area contributed by atoms with Crippen LogP contribution < -0.4 is 15.4 Å². The number of amides is 1. The fourth-order valence-electron chi connectivity index (χ4n) is 2.17. The molecule has 0 bridgehead atoms. The maximum absolute atomic E-state index is 12.2. The summed E-state index contributed by atoms with van der Waals surface area (Å²) in [4.78, 5) is 12.2. The lowest BCUT2D eigenvalue weighted by atomic mass is 10.2. The van der Waals surface area contributed by atoms with Gasteiger partial charge in [0.05, 0.1) is 18.7 Å². The van der Waals surface area contributed by atoms with Crippen LogP contribution in [-0.4, -0.2) is 23.2 Å². The van der Waals surface area contributed by atoms with Crippen molar-refractivity contribution in [3.8, 4) is 11.8 Å². The number of hydrogen-bond acceptors (Lipinski definition) is 6. The molecule has 7 heteroatoms. The molecule has 0 spiro atoms. The first-order chi connectivity index (χ1) is 12.7. The summed E-state index contributed by atoms with van der Waals surface area (Å²) in [7, 11) is 1.57. The Balaban J connectivity index is 1.63. The van der Waals surface area contributed by atoms with Gasteiger partial charge in [0.1, 0.15) is 5.75 Å². The van der Waals surface area contributed by atoms with Gasteiger partial charge in [0.25, 0.3) is 5.91 Å². The Morgan fingerprint density at radius 3 is 2.19 bits per heavy atom. The molecule has 0 aliphatic rings. The van der Waals surface area contributed by atoms with Crippen LogP contribution in [0.2, 0.25) is 0 Å². The SMILES string of the molecule is COc1ccc(C(=O)Nc2ccc(Nc3ccc(C#N)cc3)nn2)cc1. The van der Waals surface area contributed by atoms with Gasteiger partial charge in [-0.3, -0.25) is 4.79 Å². The van der Waals surface area contributed by atoms with E-state index in [-0.39, 0.29) is 5.91 Å². The number of aromatic nitrogens is 2. The first-order valence-corrected chi connectivity index (χ1v) is 7.74. The zero-order valence-corrected chi connectivity index (χ0v) is 13.9. The van der Waals surface area contributed by atoms with Crippen molar-refractivity contribution in [2.24, 2.45) is 0 Å². The summed E-state index contributed by atoms with van der Waals surface area (Å²) in [5, 5.41) is 22.6. The molecule has 1 heterocycles. The van der Waals surface area contributed by atoms with E-state index in [0.717, 1.165) is 5.69 Å². The molecule has 7 nitrogen and oxygen atoms in total. The molecule has 1 aromatic heterocycles. The number of benzene rings is 2. The lowest BCUT2D eigenvalue weighted by Gasteiger charge is -2.07. The molecule has 26 heavy (non-hydrogen) atoms. The van der Waals surface area contributed by atoms with Crippen molar-refractivity contribution in [1.29, 1.82) is 5.26 Å². The number of carbonyl (C=O) groups excluding carboxylic acids is 1. The molecule has 3 aromatic rings. The number of nitriles is 1. The number of rotatable bonds is 5. The van der Waals surface area contributed by atoms with E-state index in [1.807, 2.05) is 0 Å². The van der Waals surface area contributed by atoms with Crippen LogP contribution in [0.4, 0.5) is 17.3 Å². The normalized spacial score (nSPS) is 9.85. The molecular formula is C19H15N5O2. The van der Waals surface area contributed by atoms with Gasteiger partial charge in [0, 0.05) is 11.3 Å². The summed E-state index contributed by atoms with van der Waals surface area (Å²) in [6.07, 6.45) is 0. The molecule has 1 amide bonds. The zero-order valence-electron chi connectivity index (χ0n) is 13.9. The largest absolute Gasteiger partial charge is 0.497 e. The average molecular weight is 345 g/mol. The number of ether oxygens (including phenoxy) is 1. The molecule has 3 rings (SSSR count). The third kappa shape index (κ3) is 4.13. The predicted octanol–water partition coefficient (Wildman–Crippen LogP) is 3.35. The van der Waals surface area contributed by atoms with Crippen LogP contribution in [0.5, 0.6) is 5.75 Å². The van der Waals surface area contributed by atoms with Gasteiger partial charge in [-0.25, -0.2) is 0 Å². The van der Waals surface area contributed by atoms with E-state index in [9.17, 15) is 4.79 Å². The van der Waals surface area contributed by atoms with Crippen LogP contribution in [0.3, 0.4) is 0 Å². The summed E-state index contributed by atoms with van der Waals surface area (Å²) < 4.78 is 5.07. The van der Waals surface area contributed by atoms with Gasteiger partial charge in [-0.1, -0.05) is 0 Å². The van der Waals surface area contributed by atoms with E-state index in [0.29, 0.717) is 28.5 Å². The Labute approximate surface area is 150 Å². The Hall–Kier alpha value is -3.92. The molecule has 2 aromatic carbocycles. The van der Waals surface area contributed by atoms with Crippen molar-refractivity contribution in [1.82, 2.24) is 10.2 Å². The van der Waals surface area contributed by atoms with Crippen molar-refractivity contribution in [2.45, 2.75) is 0 Å². The van der Waals surface area contributed by atoms with Crippen LogP contribution in [-0.2, 0) is 0 Å². The molecular weight excluding hydrogens is 330 g/mol. The van der Waals surface area contributed by atoms with E-state index in [4.69, 9.17) is 10.00 Å². The molecule has 2 N–H and O–H groups in total. The van der Waals surface area contributed by atoms with E-state index in [1.54, 1.807) is 67.8 Å². The second kappa shape index (κ2) is 7.77. The van der Waals surface area contributed by atoms with Crippen LogP contribution in [0.15, 0.2) is 60.7 Å². The maximum atomic E-state index is 12.2. The number of hydrogen-bond donors (Lipinski definition) is 2. The second-order valence-electron chi connectivity index (χ2n) is 5.30. The third-order valence-electron chi connectivity index (χ3n) is 3.54. The summed E-state index contributed by atoms with van der Waals surface area (Å²) in [5.74, 6) is 1.27. The Bertz CT molecular complexity index is 930. The molecule has 0 saturated carbocycles. The monoisotopic (exact) mass is 345 g/mol. The minimum atomic E-state index is -0.283. The third-order valence-corrected chi connectivity index (χ3v) is 3.54. The highest BCUT2D eigenvalue weighted by molar-refractivity contribution is 6.03. The van der Waals surface area contributed by atoms with Gasteiger partial charge in [0.2, 0.25) is 0 Å². The molecule has 128 valence electrons. The summed E-state index contributed by atoms with van der Waals surface area (Å²) in [5.41, 5.74) is 1.86. The highest BCUT2D eigenvalue weighted by Crippen LogP contribution is 2.16. The molecule has 0 saturated heterocycles. The Morgan fingerprint density at radius 1 is 0.962 bits per heavy atom. The molecule has 0 fully saturated rings. The minimum absolute atomic E-state index is 0.283. The van der Waals surface area contributed by atoms with Crippen LogP contribution in [0.1, 0.15) is 15.9 Å². The predicted molar refractivity (Wildman–Crippen MR) is 97.4 cm³/mol. The van der Waals surface area contributed by atoms with Crippen molar-refractivity contribution in [2.75, 3.05) is 17.7 Å². The van der Waals surface area contributed by atoms with Crippen LogP contribution >= 0.6 is 0 Å². The Kier molecular flexibility index (Phi) is 5.05. The molecule has 0 aliphatic heterocycles. The Morgan fingerprint density at radius 2 is 1.62 bits per heavy atom. The topological polar surface area (TPSA) is 99.9 Å². The number of nitrogens with zero attached hydrogens (tertiary/aromatic N) is 3. The standard InChI is InChI=1S/C19H15N5O2/c1-26-16-8-4-14(5-9-16)19(25)22-18-11-10-17(23-24-18)21-15-6-2-13(12-20)3-7-15/h2-11H,1H3,(H,21,23)(H,22,24,25). The van der Waals surface area contributed by atoms with E-state index < -0.39 is 0 Å². The van der Waals surface area contributed by atoms with Crippen molar-refractivity contribution in [3.05, 3.63) is 71.8 Å². The number of methoxy groups -OCH3 is 1. The smallest absolute Gasteiger partial charge is 0.256 e. The van der Waals surface area contributed by atoms with Gasteiger partial charge < -0.3 is 15.4 Å². The summed E-state index contributed by atoms with van der Waals surface area (Å²) >= 11 is 0. The maximum Gasteiger partial charge on any atom is 0.256 e. The lowest BCUT2D eigenvalue weighted by molar-refractivity contribution is 0.102. The fraction of sp³-hybridized carbons (Fsp3) is 0.0526. The number of carbonyl (C=O) groups is 1. The number of anilines is 3. The van der Waals surface area contributed by atoms with E-state index >= 15 is 0 Å². The average Bonchev–Trinajstić information content (AvgIpc) is 2.70. The summed E-state index contributed by atoms with van der Waals surface area (Å²) in [6.45, 7) is 0. The van der Waals surface area contributed by atoms with Crippen molar-refractivity contribution >= 4 is 23.2 Å². The van der Waals surface area contributed by atoms with E-state index in [2.05, 4.69) is 26.9 Å². The van der Waals surface area contributed by atoms with Crippen LogP contribution in [0, 0.1) is 11.3 Å².